The van der Waals surface area contributed by atoms with Crippen LogP contribution in [0.1, 0.15) is 40.5 Å². The Bertz CT molecular complexity index is 662. The molecule has 2 heterocycles. The lowest BCUT2D eigenvalue weighted by Crippen LogP contribution is -2.38. The predicted molar refractivity (Wildman–Crippen MR) is 103 cm³/mol. The fourth-order valence-corrected chi connectivity index (χ4v) is 3.45. The van der Waals surface area contributed by atoms with Crippen LogP contribution >= 0.6 is 0 Å². The van der Waals surface area contributed by atoms with E-state index in [0.29, 0.717) is 56.7 Å². The van der Waals surface area contributed by atoms with Gasteiger partial charge in [-0.2, -0.15) is 0 Å². The molecule has 1 aromatic heterocycles. The summed E-state index contributed by atoms with van der Waals surface area (Å²) in [5.41, 5.74) is -0.0902. The smallest absolute Gasteiger partial charge is 0.353 e. The van der Waals surface area contributed by atoms with Gasteiger partial charge in [0.1, 0.15) is 6.33 Å². The topological polar surface area (TPSA) is 113 Å². The molecule has 0 spiro atoms. The number of hydrogen-bond acceptors (Lipinski definition) is 7. The maximum absolute atomic E-state index is 11.9. The van der Waals surface area contributed by atoms with Crippen LogP contribution in [0.4, 0.5) is 17.3 Å². The van der Waals surface area contributed by atoms with E-state index in [1.807, 2.05) is 9.80 Å². The average Bonchev–Trinajstić information content (AvgIpc) is 2.59. The van der Waals surface area contributed by atoms with E-state index < -0.39 is 16.8 Å². The second-order valence-electron chi connectivity index (χ2n) is 7.92. The van der Waals surface area contributed by atoms with Crippen LogP contribution in [0.15, 0.2) is 6.33 Å². The molecule has 150 valence electrons. The molecule has 0 aliphatic carbocycles. The van der Waals surface area contributed by atoms with Gasteiger partial charge in [0.25, 0.3) is 0 Å². The van der Waals surface area contributed by atoms with E-state index >= 15 is 0 Å². The zero-order chi connectivity index (χ0) is 20.1. The fraction of sp³-hybridized carbons (Fsp3) is 0.722. The Kier molecular flexibility index (Phi) is 6.92. The highest BCUT2D eigenvalue weighted by atomic mass is 16.6. The van der Waals surface area contributed by atoms with Crippen molar-refractivity contribution in [2.75, 3.05) is 36.0 Å². The van der Waals surface area contributed by atoms with E-state index in [1.165, 1.54) is 6.33 Å². The van der Waals surface area contributed by atoms with E-state index in [0.717, 1.165) is 0 Å². The molecule has 1 saturated heterocycles. The van der Waals surface area contributed by atoms with E-state index in [1.54, 1.807) is 0 Å². The summed E-state index contributed by atoms with van der Waals surface area (Å²) in [7, 11) is 0. The number of rotatable bonds is 8. The fourth-order valence-electron chi connectivity index (χ4n) is 3.45. The van der Waals surface area contributed by atoms with E-state index in [4.69, 9.17) is 5.11 Å². The van der Waals surface area contributed by atoms with Crippen molar-refractivity contribution in [3.63, 3.8) is 0 Å². The lowest BCUT2D eigenvalue weighted by atomic mass is 9.97. The quantitative estimate of drug-likeness (QED) is 0.542. The summed E-state index contributed by atoms with van der Waals surface area (Å²) in [6.07, 6.45) is 2.27. The first-order valence-electron chi connectivity index (χ1n) is 9.42. The Hall–Kier alpha value is -2.45. The average molecular weight is 379 g/mol. The van der Waals surface area contributed by atoms with Crippen molar-refractivity contribution in [3.05, 3.63) is 16.4 Å². The molecule has 1 aliphatic heterocycles. The van der Waals surface area contributed by atoms with Gasteiger partial charge in [-0.3, -0.25) is 14.9 Å². The molecule has 0 amide bonds. The third-order valence-electron chi connectivity index (χ3n) is 4.58. The van der Waals surface area contributed by atoms with Gasteiger partial charge in [-0.1, -0.05) is 27.7 Å². The number of nitrogens with zero attached hydrogens (tertiary/aromatic N) is 5. The summed E-state index contributed by atoms with van der Waals surface area (Å²) in [6, 6.07) is 0. The molecule has 0 radical (unpaired) electrons. The number of carboxylic acid groups (broad SMARTS) is 1. The van der Waals surface area contributed by atoms with Crippen LogP contribution in [0.2, 0.25) is 0 Å². The first-order valence-corrected chi connectivity index (χ1v) is 9.42. The Morgan fingerprint density at radius 2 is 1.81 bits per heavy atom. The highest BCUT2D eigenvalue weighted by Gasteiger charge is 2.33. The van der Waals surface area contributed by atoms with Crippen LogP contribution in [-0.2, 0) is 4.79 Å². The van der Waals surface area contributed by atoms with Crippen molar-refractivity contribution in [2.45, 2.75) is 40.5 Å². The van der Waals surface area contributed by atoms with Crippen molar-refractivity contribution in [1.82, 2.24) is 9.97 Å². The number of aromatic nitrogens is 2. The van der Waals surface area contributed by atoms with Gasteiger partial charge in [-0.15, -0.1) is 0 Å². The first kappa shape index (κ1) is 20.9. The van der Waals surface area contributed by atoms with Crippen molar-refractivity contribution in [1.29, 1.82) is 0 Å². The second-order valence-corrected chi connectivity index (χ2v) is 7.92. The summed E-state index contributed by atoms with van der Waals surface area (Å²) in [5, 5.41) is 21.1. The Morgan fingerprint density at radius 3 is 2.26 bits per heavy atom. The van der Waals surface area contributed by atoms with Crippen molar-refractivity contribution in [2.24, 2.45) is 17.8 Å². The molecular formula is C18H29N5O4. The molecular weight excluding hydrogens is 350 g/mol. The van der Waals surface area contributed by atoms with Gasteiger partial charge in [-0.05, 0) is 24.7 Å². The van der Waals surface area contributed by atoms with Gasteiger partial charge in [0.05, 0.1) is 10.8 Å². The zero-order valence-electron chi connectivity index (χ0n) is 16.5. The minimum absolute atomic E-state index is 0.0902. The molecule has 1 fully saturated rings. The number of anilines is 2. The van der Waals surface area contributed by atoms with E-state index in [2.05, 4.69) is 37.7 Å². The Morgan fingerprint density at radius 1 is 1.26 bits per heavy atom. The standard InChI is InChI=1S/C18H29N5O4/c1-12(2)9-22(10-13(3)4)17-15(23(26)27)16(19-11-20-17)21-7-5-14(6-8-21)18(24)25/h11-14H,5-10H2,1-4H3,(H,24,25). The van der Waals surface area contributed by atoms with Crippen LogP contribution in [0.3, 0.4) is 0 Å². The zero-order valence-corrected chi connectivity index (χ0v) is 16.5. The van der Waals surface area contributed by atoms with Gasteiger partial charge in [0.15, 0.2) is 0 Å². The molecule has 1 aliphatic rings. The summed E-state index contributed by atoms with van der Waals surface area (Å²) in [5.74, 6) is 0.0628. The number of carboxylic acids is 1. The predicted octanol–water partition coefficient (Wildman–Crippen LogP) is 2.80. The maximum Gasteiger partial charge on any atom is 0.353 e. The lowest BCUT2D eigenvalue weighted by Gasteiger charge is -2.32. The largest absolute Gasteiger partial charge is 0.481 e. The van der Waals surface area contributed by atoms with Crippen LogP contribution in [0.25, 0.3) is 0 Å². The molecule has 0 saturated carbocycles. The molecule has 0 atom stereocenters. The van der Waals surface area contributed by atoms with Gasteiger partial charge in [-0.25, -0.2) is 9.97 Å². The number of carbonyl (C=O) groups is 1. The third-order valence-corrected chi connectivity index (χ3v) is 4.58. The normalized spacial score (nSPS) is 15.4. The van der Waals surface area contributed by atoms with Crippen molar-refractivity contribution < 1.29 is 14.8 Å². The molecule has 0 bridgehead atoms. The number of nitro groups is 1. The van der Waals surface area contributed by atoms with Crippen LogP contribution in [0.5, 0.6) is 0 Å². The SMILES string of the molecule is CC(C)CN(CC(C)C)c1ncnc(N2CCC(C(=O)O)CC2)c1[N+](=O)[O-]. The van der Waals surface area contributed by atoms with Gasteiger partial charge in [0, 0.05) is 26.2 Å². The minimum atomic E-state index is -0.812. The van der Waals surface area contributed by atoms with Crippen LogP contribution in [-0.4, -0.2) is 52.1 Å². The van der Waals surface area contributed by atoms with Gasteiger partial charge >= 0.3 is 11.7 Å². The molecule has 0 unspecified atom stereocenters. The summed E-state index contributed by atoms with van der Waals surface area (Å²) in [6.45, 7) is 10.5. The third kappa shape index (κ3) is 5.27. The highest BCUT2D eigenvalue weighted by molar-refractivity contribution is 5.73. The molecule has 1 N–H and O–H groups in total. The monoisotopic (exact) mass is 379 g/mol. The number of aliphatic carboxylic acids is 1. The Labute approximate surface area is 159 Å². The molecule has 1 aromatic rings. The highest BCUT2D eigenvalue weighted by Crippen LogP contribution is 2.36. The van der Waals surface area contributed by atoms with Crippen LogP contribution in [0, 0.1) is 27.9 Å². The maximum atomic E-state index is 11.9. The summed E-state index contributed by atoms with van der Waals surface area (Å²) < 4.78 is 0. The number of hydrogen-bond donors (Lipinski definition) is 1. The summed E-state index contributed by atoms with van der Waals surface area (Å²) >= 11 is 0. The van der Waals surface area contributed by atoms with Gasteiger partial charge in [0.2, 0.25) is 11.6 Å². The Balaban J connectivity index is 2.38. The molecule has 2 rings (SSSR count). The molecule has 0 aromatic carbocycles. The van der Waals surface area contributed by atoms with Crippen molar-refractivity contribution in [3.8, 4) is 0 Å². The van der Waals surface area contributed by atoms with Gasteiger partial charge < -0.3 is 14.9 Å². The molecule has 27 heavy (non-hydrogen) atoms. The van der Waals surface area contributed by atoms with E-state index in [-0.39, 0.29) is 11.5 Å². The first-order chi connectivity index (χ1) is 12.7. The van der Waals surface area contributed by atoms with E-state index in [9.17, 15) is 14.9 Å². The number of piperidine rings is 1. The molecule has 9 nitrogen and oxygen atoms in total. The summed E-state index contributed by atoms with van der Waals surface area (Å²) in [4.78, 5) is 34.9. The second kappa shape index (κ2) is 8.96. The molecule has 9 heteroatoms. The van der Waals surface area contributed by atoms with Crippen molar-refractivity contribution >= 4 is 23.3 Å². The van der Waals surface area contributed by atoms with Crippen LogP contribution < -0.4 is 9.80 Å². The lowest BCUT2D eigenvalue weighted by molar-refractivity contribution is -0.383. The minimum Gasteiger partial charge on any atom is -0.481 e.